The van der Waals surface area contributed by atoms with E-state index in [0.29, 0.717) is 22.2 Å². The van der Waals surface area contributed by atoms with Gasteiger partial charge in [0.15, 0.2) is 0 Å². The number of hydrogen-bond acceptors (Lipinski definition) is 3. The molecule has 0 aliphatic heterocycles. The van der Waals surface area contributed by atoms with Gasteiger partial charge in [0.1, 0.15) is 17.5 Å². The second kappa shape index (κ2) is 5.37. The summed E-state index contributed by atoms with van der Waals surface area (Å²) in [5.41, 5.74) is 1.06. The molecule has 0 spiro atoms. The quantitative estimate of drug-likeness (QED) is 0.915. The van der Waals surface area contributed by atoms with Crippen molar-refractivity contribution in [1.82, 2.24) is 9.97 Å². The van der Waals surface area contributed by atoms with Gasteiger partial charge in [-0.2, -0.15) is 0 Å². The van der Waals surface area contributed by atoms with Crippen molar-refractivity contribution in [3.63, 3.8) is 0 Å². The summed E-state index contributed by atoms with van der Waals surface area (Å²) in [6.45, 7) is 2.77. The smallest absolute Gasteiger partial charge is 0.134 e. The summed E-state index contributed by atoms with van der Waals surface area (Å²) < 4.78 is 14.0. The molecule has 0 unspecified atom stereocenters. The number of hydrogen-bond donors (Lipinski definition) is 1. The van der Waals surface area contributed by atoms with Crippen LogP contribution in [0.2, 0.25) is 5.02 Å². The van der Waals surface area contributed by atoms with Gasteiger partial charge in [0.25, 0.3) is 0 Å². The molecule has 5 heteroatoms. The molecule has 3 rings (SSSR count). The van der Waals surface area contributed by atoms with Crippen molar-refractivity contribution in [2.75, 3.05) is 11.9 Å². The maximum absolute atomic E-state index is 14.0. The van der Waals surface area contributed by atoms with Crippen LogP contribution >= 0.6 is 11.6 Å². The number of rotatable bonds is 4. The van der Waals surface area contributed by atoms with E-state index in [1.807, 2.05) is 6.92 Å². The zero-order valence-corrected chi connectivity index (χ0v) is 11.9. The molecule has 0 radical (unpaired) electrons. The number of halogens is 2. The summed E-state index contributed by atoms with van der Waals surface area (Å²) in [5, 5.41) is 3.56. The summed E-state index contributed by atoms with van der Waals surface area (Å²) in [4.78, 5) is 8.99. The van der Waals surface area contributed by atoms with Crippen LogP contribution in [0.5, 0.6) is 0 Å². The topological polar surface area (TPSA) is 37.8 Å². The number of nitrogens with one attached hydrogen (secondary N) is 1. The van der Waals surface area contributed by atoms with Gasteiger partial charge in [-0.1, -0.05) is 11.6 Å². The van der Waals surface area contributed by atoms with E-state index in [4.69, 9.17) is 11.6 Å². The van der Waals surface area contributed by atoms with Gasteiger partial charge in [0.2, 0.25) is 0 Å². The predicted octanol–water partition coefficient (Wildman–Crippen LogP) is 4.25. The van der Waals surface area contributed by atoms with Gasteiger partial charge >= 0.3 is 0 Å². The van der Waals surface area contributed by atoms with Crippen LogP contribution in [-0.2, 0) is 0 Å². The highest BCUT2D eigenvalue weighted by Crippen LogP contribution is 2.39. The average Bonchev–Trinajstić information content (AvgIpc) is 3.23. The molecule has 1 fully saturated rings. The molecule has 1 aliphatic rings. The maximum Gasteiger partial charge on any atom is 0.134 e. The molecule has 0 saturated heterocycles. The van der Waals surface area contributed by atoms with E-state index in [1.54, 1.807) is 18.2 Å². The molecule has 0 atom stereocenters. The summed E-state index contributed by atoms with van der Waals surface area (Å²) in [6, 6.07) is 6.42. The van der Waals surface area contributed by atoms with Crippen LogP contribution in [-0.4, -0.2) is 16.5 Å². The Morgan fingerprint density at radius 2 is 2.10 bits per heavy atom. The van der Waals surface area contributed by atoms with Gasteiger partial charge in [-0.15, -0.1) is 0 Å². The molecule has 1 aliphatic carbocycles. The Balaban J connectivity index is 2.06. The van der Waals surface area contributed by atoms with Crippen LogP contribution in [0.3, 0.4) is 0 Å². The van der Waals surface area contributed by atoms with E-state index in [1.165, 1.54) is 6.07 Å². The normalized spacial score (nSPS) is 14.3. The van der Waals surface area contributed by atoms with Crippen LogP contribution in [0, 0.1) is 5.82 Å². The Hall–Kier alpha value is -1.68. The highest BCUT2D eigenvalue weighted by atomic mass is 35.5. The first-order chi connectivity index (χ1) is 9.67. The monoisotopic (exact) mass is 291 g/mol. The highest BCUT2D eigenvalue weighted by molar-refractivity contribution is 6.30. The van der Waals surface area contributed by atoms with Gasteiger partial charge in [0.05, 0.1) is 5.69 Å². The second-order valence-corrected chi connectivity index (χ2v) is 5.36. The summed E-state index contributed by atoms with van der Waals surface area (Å²) in [7, 11) is 0. The molecule has 3 nitrogen and oxygen atoms in total. The third-order valence-corrected chi connectivity index (χ3v) is 3.49. The molecule has 0 bridgehead atoms. The first-order valence-corrected chi connectivity index (χ1v) is 7.13. The molecule has 1 saturated carbocycles. The molecule has 104 valence electrons. The molecule has 0 amide bonds. The Morgan fingerprint density at radius 3 is 2.75 bits per heavy atom. The lowest BCUT2D eigenvalue weighted by Crippen LogP contribution is -2.04. The van der Waals surface area contributed by atoms with E-state index in [-0.39, 0.29) is 5.82 Å². The molecule has 1 aromatic carbocycles. The molecule has 1 heterocycles. The fourth-order valence-electron chi connectivity index (χ4n) is 2.10. The average molecular weight is 292 g/mol. The Labute approximate surface area is 122 Å². The van der Waals surface area contributed by atoms with Crippen LogP contribution in [0.25, 0.3) is 11.3 Å². The van der Waals surface area contributed by atoms with Gasteiger partial charge in [-0.25, -0.2) is 14.4 Å². The third kappa shape index (κ3) is 2.75. The Bertz CT molecular complexity index is 641. The fourth-order valence-corrected chi connectivity index (χ4v) is 2.26. The number of benzene rings is 1. The number of anilines is 1. The molecular formula is C15H15ClFN3. The van der Waals surface area contributed by atoms with Crippen molar-refractivity contribution in [2.45, 2.75) is 25.7 Å². The van der Waals surface area contributed by atoms with Gasteiger partial charge in [0, 0.05) is 29.1 Å². The minimum Gasteiger partial charge on any atom is -0.370 e. The molecular weight excluding hydrogens is 277 g/mol. The van der Waals surface area contributed by atoms with Gasteiger partial charge < -0.3 is 5.32 Å². The van der Waals surface area contributed by atoms with Crippen molar-refractivity contribution in [1.29, 1.82) is 0 Å². The summed E-state index contributed by atoms with van der Waals surface area (Å²) in [5.74, 6) is 1.60. The van der Waals surface area contributed by atoms with Gasteiger partial charge in [-0.05, 0) is 38.0 Å². The van der Waals surface area contributed by atoms with Crippen LogP contribution < -0.4 is 5.32 Å². The summed E-state index contributed by atoms with van der Waals surface area (Å²) in [6.07, 6.45) is 2.22. The molecule has 2 aromatic rings. The van der Waals surface area contributed by atoms with Crippen molar-refractivity contribution in [2.24, 2.45) is 0 Å². The zero-order valence-electron chi connectivity index (χ0n) is 11.2. The van der Waals surface area contributed by atoms with Crippen LogP contribution in [0.15, 0.2) is 24.3 Å². The standard InChI is InChI=1S/C15H15ClFN3/c1-2-18-14-8-13(19-15(20-14)9-3-4-9)11-6-5-10(16)7-12(11)17/h5-9H,2-4H2,1H3,(H,18,19,20). The summed E-state index contributed by atoms with van der Waals surface area (Å²) >= 11 is 5.79. The lowest BCUT2D eigenvalue weighted by Gasteiger charge is -2.09. The van der Waals surface area contributed by atoms with E-state index >= 15 is 0 Å². The van der Waals surface area contributed by atoms with E-state index in [0.717, 1.165) is 31.0 Å². The van der Waals surface area contributed by atoms with E-state index in [2.05, 4.69) is 15.3 Å². The van der Waals surface area contributed by atoms with Crippen molar-refractivity contribution < 1.29 is 4.39 Å². The number of aromatic nitrogens is 2. The minimum atomic E-state index is -0.361. The lowest BCUT2D eigenvalue weighted by molar-refractivity contribution is 0.630. The zero-order chi connectivity index (χ0) is 14.1. The predicted molar refractivity (Wildman–Crippen MR) is 78.6 cm³/mol. The molecule has 1 N–H and O–H groups in total. The molecule has 20 heavy (non-hydrogen) atoms. The third-order valence-electron chi connectivity index (χ3n) is 3.25. The minimum absolute atomic E-state index is 0.361. The van der Waals surface area contributed by atoms with E-state index < -0.39 is 0 Å². The first-order valence-electron chi connectivity index (χ1n) is 6.75. The van der Waals surface area contributed by atoms with Crippen LogP contribution in [0.1, 0.15) is 31.5 Å². The van der Waals surface area contributed by atoms with Crippen LogP contribution in [0.4, 0.5) is 10.2 Å². The van der Waals surface area contributed by atoms with E-state index in [9.17, 15) is 4.39 Å². The highest BCUT2D eigenvalue weighted by Gasteiger charge is 2.27. The van der Waals surface area contributed by atoms with Crippen molar-refractivity contribution >= 4 is 17.4 Å². The largest absolute Gasteiger partial charge is 0.370 e. The second-order valence-electron chi connectivity index (χ2n) is 4.93. The van der Waals surface area contributed by atoms with Gasteiger partial charge in [-0.3, -0.25) is 0 Å². The lowest BCUT2D eigenvalue weighted by atomic mass is 10.1. The fraction of sp³-hybridized carbons (Fsp3) is 0.333. The number of nitrogens with zero attached hydrogens (tertiary/aromatic N) is 2. The maximum atomic E-state index is 14.0. The van der Waals surface area contributed by atoms with Crippen molar-refractivity contribution in [3.8, 4) is 11.3 Å². The molecule has 1 aromatic heterocycles. The van der Waals surface area contributed by atoms with Crippen molar-refractivity contribution in [3.05, 3.63) is 40.9 Å². The first kappa shape index (κ1) is 13.3. The SMILES string of the molecule is CCNc1cc(-c2ccc(Cl)cc2F)nc(C2CC2)n1. The Kier molecular flexibility index (Phi) is 3.57. The Morgan fingerprint density at radius 1 is 1.30 bits per heavy atom.